The van der Waals surface area contributed by atoms with Crippen LogP contribution in [0.3, 0.4) is 0 Å². The molecular formula is C31H23BrFN3O5S. The van der Waals surface area contributed by atoms with Gasteiger partial charge in [-0.1, -0.05) is 27.7 Å². The second-order valence-electron chi connectivity index (χ2n) is 8.90. The number of anilines is 3. The summed E-state index contributed by atoms with van der Waals surface area (Å²) in [5.41, 5.74) is 1.82. The van der Waals surface area contributed by atoms with E-state index in [0.717, 1.165) is 21.1 Å². The van der Waals surface area contributed by atoms with Gasteiger partial charge in [-0.05, 0) is 84.9 Å². The van der Waals surface area contributed by atoms with Crippen LogP contribution >= 0.6 is 27.7 Å². The fraction of sp³-hybridized carbons (Fsp3) is 0.0645. The highest BCUT2D eigenvalue weighted by Crippen LogP contribution is 2.38. The molecule has 1 aliphatic rings. The van der Waals surface area contributed by atoms with Crippen molar-refractivity contribution in [3.8, 4) is 11.5 Å². The van der Waals surface area contributed by atoms with Gasteiger partial charge < -0.3 is 20.1 Å². The second kappa shape index (κ2) is 12.5. The van der Waals surface area contributed by atoms with Crippen LogP contribution in [0.5, 0.6) is 11.5 Å². The van der Waals surface area contributed by atoms with Gasteiger partial charge in [-0.15, -0.1) is 0 Å². The molecule has 0 saturated carbocycles. The summed E-state index contributed by atoms with van der Waals surface area (Å²) in [4.78, 5) is 41.8. The molecule has 1 heterocycles. The molecule has 0 bridgehead atoms. The minimum atomic E-state index is -0.561. The average molecular weight is 649 g/mol. The molecular weight excluding hydrogens is 625 g/mol. The topological polar surface area (TPSA) is 97.0 Å². The highest BCUT2D eigenvalue weighted by molar-refractivity contribution is 9.10. The number of carbonyl (C=O) groups excluding carboxylic acids is 3. The molecule has 0 aromatic heterocycles. The molecule has 0 fully saturated rings. The first-order chi connectivity index (χ1) is 20.3. The van der Waals surface area contributed by atoms with Gasteiger partial charge in [0.15, 0.2) is 0 Å². The molecule has 2 N–H and O–H groups in total. The molecule has 42 heavy (non-hydrogen) atoms. The number of amides is 3. The van der Waals surface area contributed by atoms with Crippen LogP contribution in [-0.2, 0) is 9.59 Å². The van der Waals surface area contributed by atoms with Crippen molar-refractivity contribution >= 4 is 62.5 Å². The summed E-state index contributed by atoms with van der Waals surface area (Å²) in [5.74, 6) is -1.02. The standard InChI is InChI=1S/C31H23BrFN3O5S/c1-40-23-13-16-25(26(17-23)41-2)29(37)35-21-9-14-24(15-10-21)42-28-27(34-20-7-3-18(32)4-8-20)30(38)36(31(28)39)22-11-5-19(33)6-12-22/h3-17,34H,1-2H3,(H,35,37). The Morgan fingerprint density at radius 3 is 2.14 bits per heavy atom. The van der Waals surface area contributed by atoms with E-state index in [9.17, 15) is 18.8 Å². The summed E-state index contributed by atoms with van der Waals surface area (Å²) in [6.07, 6.45) is 0. The minimum absolute atomic E-state index is 0.0978. The van der Waals surface area contributed by atoms with Crippen LogP contribution in [0.4, 0.5) is 21.5 Å². The first-order valence-corrected chi connectivity index (χ1v) is 14.1. The van der Waals surface area contributed by atoms with Gasteiger partial charge >= 0.3 is 0 Å². The van der Waals surface area contributed by atoms with Gasteiger partial charge in [0.25, 0.3) is 17.7 Å². The molecule has 0 radical (unpaired) electrons. The van der Waals surface area contributed by atoms with E-state index in [4.69, 9.17) is 9.47 Å². The molecule has 0 spiro atoms. The van der Waals surface area contributed by atoms with Crippen molar-refractivity contribution in [3.63, 3.8) is 0 Å². The number of hydrogen-bond acceptors (Lipinski definition) is 7. The molecule has 4 aromatic rings. The average Bonchev–Trinajstić information content (AvgIpc) is 3.23. The van der Waals surface area contributed by atoms with Crippen molar-refractivity contribution in [3.05, 3.63) is 117 Å². The van der Waals surface area contributed by atoms with Gasteiger partial charge in [-0.2, -0.15) is 0 Å². The predicted octanol–water partition coefficient (Wildman–Crippen LogP) is 6.85. The number of ether oxygens (including phenoxy) is 2. The monoisotopic (exact) mass is 647 g/mol. The van der Waals surface area contributed by atoms with E-state index in [1.54, 1.807) is 54.6 Å². The Morgan fingerprint density at radius 1 is 0.833 bits per heavy atom. The quantitative estimate of drug-likeness (QED) is 0.192. The number of methoxy groups -OCH3 is 2. The molecule has 11 heteroatoms. The first-order valence-electron chi connectivity index (χ1n) is 12.5. The lowest BCUT2D eigenvalue weighted by molar-refractivity contribution is -0.120. The predicted molar refractivity (Wildman–Crippen MR) is 163 cm³/mol. The summed E-state index contributed by atoms with van der Waals surface area (Å²) >= 11 is 4.49. The Kier molecular flexibility index (Phi) is 8.60. The summed E-state index contributed by atoms with van der Waals surface area (Å²) in [5, 5.41) is 5.91. The molecule has 0 unspecified atom stereocenters. The fourth-order valence-electron chi connectivity index (χ4n) is 4.13. The second-order valence-corrected chi connectivity index (χ2v) is 10.9. The molecule has 212 valence electrons. The fourth-order valence-corrected chi connectivity index (χ4v) is 5.32. The normalized spacial score (nSPS) is 12.9. The molecule has 1 aliphatic heterocycles. The van der Waals surface area contributed by atoms with E-state index in [0.29, 0.717) is 33.3 Å². The zero-order chi connectivity index (χ0) is 29.8. The van der Waals surface area contributed by atoms with Gasteiger partial charge in [0, 0.05) is 26.8 Å². The minimum Gasteiger partial charge on any atom is -0.497 e. The lowest BCUT2D eigenvalue weighted by Crippen LogP contribution is -2.32. The maximum atomic E-state index is 13.5. The number of imide groups is 1. The maximum absolute atomic E-state index is 13.5. The lowest BCUT2D eigenvalue weighted by atomic mass is 10.1. The Bertz CT molecular complexity index is 1690. The number of nitrogens with zero attached hydrogens (tertiary/aromatic N) is 1. The van der Waals surface area contributed by atoms with Gasteiger partial charge in [0.05, 0.1) is 25.5 Å². The van der Waals surface area contributed by atoms with Crippen molar-refractivity contribution in [2.75, 3.05) is 29.8 Å². The molecule has 5 rings (SSSR count). The molecule has 0 aliphatic carbocycles. The summed E-state index contributed by atoms with van der Waals surface area (Å²) in [6, 6.07) is 24.0. The molecule has 0 saturated heterocycles. The zero-order valence-corrected chi connectivity index (χ0v) is 24.7. The number of carbonyl (C=O) groups is 3. The molecule has 3 amide bonds. The third kappa shape index (κ3) is 6.17. The lowest BCUT2D eigenvalue weighted by Gasteiger charge is -2.15. The van der Waals surface area contributed by atoms with Gasteiger partial charge in [-0.3, -0.25) is 14.4 Å². The van der Waals surface area contributed by atoms with E-state index in [-0.39, 0.29) is 22.2 Å². The largest absolute Gasteiger partial charge is 0.497 e. The Morgan fingerprint density at radius 2 is 1.50 bits per heavy atom. The third-order valence-electron chi connectivity index (χ3n) is 6.23. The van der Waals surface area contributed by atoms with Gasteiger partial charge in [-0.25, -0.2) is 9.29 Å². The van der Waals surface area contributed by atoms with Crippen LogP contribution < -0.4 is 25.0 Å². The smallest absolute Gasteiger partial charge is 0.283 e. The van der Waals surface area contributed by atoms with E-state index < -0.39 is 17.6 Å². The Labute approximate surface area is 253 Å². The summed E-state index contributed by atoms with van der Waals surface area (Å²) < 4.78 is 24.9. The number of nitrogens with one attached hydrogen (secondary N) is 2. The number of rotatable bonds is 9. The molecule has 4 aromatic carbocycles. The van der Waals surface area contributed by atoms with Crippen molar-refractivity contribution in [2.45, 2.75) is 4.90 Å². The van der Waals surface area contributed by atoms with Crippen molar-refractivity contribution in [1.29, 1.82) is 0 Å². The zero-order valence-electron chi connectivity index (χ0n) is 22.3. The highest BCUT2D eigenvalue weighted by Gasteiger charge is 2.40. The number of benzene rings is 4. The van der Waals surface area contributed by atoms with Crippen LogP contribution in [0.2, 0.25) is 0 Å². The summed E-state index contributed by atoms with van der Waals surface area (Å²) in [7, 11) is 3.00. The first kappa shape index (κ1) is 28.9. The third-order valence-corrected chi connectivity index (χ3v) is 7.84. The number of halogens is 2. The highest BCUT2D eigenvalue weighted by atomic mass is 79.9. The SMILES string of the molecule is COc1ccc(C(=O)Nc2ccc(SC3=C(Nc4ccc(Br)cc4)C(=O)N(c4ccc(F)cc4)C3=O)cc2)c(OC)c1. The Hall–Kier alpha value is -4.61. The van der Waals surface area contributed by atoms with E-state index in [1.165, 1.54) is 38.5 Å². The number of thioether (sulfide) groups is 1. The van der Waals surface area contributed by atoms with Gasteiger partial charge in [0.2, 0.25) is 0 Å². The van der Waals surface area contributed by atoms with E-state index >= 15 is 0 Å². The van der Waals surface area contributed by atoms with Crippen LogP contribution in [0.15, 0.2) is 111 Å². The van der Waals surface area contributed by atoms with Gasteiger partial charge in [0.1, 0.15) is 27.9 Å². The maximum Gasteiger partial charge on any atom is 0.283 e. The molecule has 0 atom stereocenters. The molecule has 8 nitrogen and oxygen atoms in total. The van der Waals surface area contributed by atoms with Crippen molar-refractivity contribution < 1.29 is 28.2 Å². The van der Waals surface area contributed by atoms with Crippen molar-refractivity contribution in [2.24, 2.45) is 0 Å². The van der Waals surface area contributed by atoms with Crippen LogP contribution in [0.1, 0.15) is 10.4 Å². The van der Waals surface area contributed by atoms with Crippen molar-refractivity contribution in [1.82, 2.24) is 0 Å². The summed E-state index contributed by atoms with van der Waals surface area (Å²) in [6.45, 7) is 0. The van der Waals surface area contributed by atoms with Crippen LogP contribution in [0, 0.1) is 5.82 Å². The van der Waals surface area contributed by atoms with Crippen LogP contribution in [0.25, 0.3) is 0 Å². The van der Waals surface area contributed by atoms with E-state index in [2.05, 4.69) is 26.6 Å². The van der Waals surface area contributed by atoms with E-state index in [1.807, 2.05) is 12.1 Å². The Balaban J connectivity index is 1.39. The number of hydrogen-bond donors (Lipinski definition) is 2. The van der Waals surface area contributed by atoms with Crippen LogP contribution in [-0.4, -0.2) is 31.9 Å².